The molecule has 4 rings (SSSR count). The minimum Gasteiger partial charge on any atom is -0.372 e. The average molecular weight is 346 g/mol. The van der Waals surface area contributed by atoms with Gasteiger partial charge in [-0.1, -0.05) is 57.2 Å². The number of anilines is 2. The molecular weight excluding hydrogens is 320 g/mol. The number of nitrogens with one attached hydrogen (secondary N) is 2. The van der Waals surface area contributed by atoms with Gasteiger partial charge in [0.05, 0.1) is 17.4 Å². The van der Waals surface area contributed by atoms with E-state index in [1.807, 2.05) is 12.1 Å². The number of ketones is 1. The summed E-state index contributed by atoms with van der Waals surface area (Å²) in [6.07, 6.45) is 1.54. The lowest BCUT2D eigenvalue weighted by atomic mass is 9.82. The monoisotopic (exact) mass is 346 g/mol. The van der Waals surface area contributed by atoms with Gasteiger partial charge < -0.3 is 10.6 Å². The second-order valence-corrected chi connectivity index (χ2v) is 7.90. The summed E-state index contributed by atoms with van der Waals surface area (Å²) in [6.45, 7) is 6.55. The molecule has 0 fully saturated rings. The molecular formula is C23H26N2O. The van der Waals surface area contributed by atoms with Crippen molar-refractivity contribution >= 4 is 17.2 Å². The molecule has 2 atom stereocenters. The first-order valence-electron chi connectivity index (χ1n) is 9.51. The van der Waals surface area contributed by atoms with E-state index in [0.29, 0.717) is 18.3 Å². The fraction of sp³-hybridized carbons (Fsp3) is 0.348. The van der Waals surface area contributed by atoms with Crippen LogP contribution < -0.4 is 10.6 Å². The lowest BCUT2D eigenvalue weighted by molar-refractivity contribution is -0.117. The maximum atomic E-state index is 13.0. The van der Waals surface area contributed by atoms with Gasteiger partial charge in [-0.3, -0.25) is 4.79 Å². The Hall–Kier alpha value is -2.55. The van der Waals surface area contributed by atoms with Crippen LogP contribution in [0.3, 0.4) is 0 Å². The highest BCUT2D eigenvalue weighted by atomic mass is 16.1. The van der Waals surface area contributed by atoms with Crippen molar-refractivity contribution in [3.05, 3.63) is 70.9 Å². The Morgan fingerprint density at radius 1 is 0.962 bits per heavy atom. The summed E-state index contributed by atoms with van der Waals surface area (Å²) in [5, 5.41) is 7.18. The molecule has 3 nitrogen and oxygen atoms in total. The van der Waals surface area contributed by atoms with Crippen molar-refractivity contribution in [2.24, 2.45) is 5.92 Å². The zero-order valence-electron chi connectivity index (χ0n) is 15.7. The zero-order valence-corrected chi connectivity index (χ0v) is 15.7. The Kier molecular flexibility index (Phi) is 4.31. The predicted molar refractivity (Wildman–Crippen MR) is 107 cm³/mol. The quantitative estimate of drug-likeness (QED) is 0.739. The molecule has 3 heteroatoms. The summed E-state index contributed by atoms with van der Waals surface area (Å²) in [5.41, 5.74) is 6.52. The van der Waals surface area contributed by atoms with Crippen molar-refractivity contribution in [3.63, 3.8) is 0 Å². The van der Waals surface area contributed by atoms with Crippen LogP contribution in [-0.4, -0.2) is 5.78 Å². The van der Waals surface area contributed by atoms with Crippen molar-refractivity contribution in [1.82, 2.24) is 0 Å². The number of fused-ring (bicyclic) bond motifs is 1. The highest BCUT2D eigenvalue weighted by Crippen LogP contribution is 2.41. The van der Waals surface area contributed by atoms with Gasteiger partial charge in [0, 0.05) is 17.7 Å². The van der Waals surface area contributed by atoms with Crippen LogP contribution in [0.25, 0.3) is 0 Å². The van der Waals surface area contributed by atoms with Crippen LogP contribution in [0.4, 0.5) is 11.4 Å². The van der Waals surface area contributed by atoms with Crippen LogP contribution in [0.2, 0.25) is 0 Å². The second kappa shape index (κ2) is 6.64. The minimum atomic E-state index is -0.109. The molecule has 26 heavy (non-hydrogen) atoms. The molecule has 134 valence electrons. The number of allylic oxidation sites excluding steroid dienone is 1. The Bertz CT molecular complexity index is 864. The van der Waals surface area contributed by atoms with Gasteiger partial charge in [-0.15, -0.1) is 0 Å². The third-order valence-electron chi connectivity index (χ3n) is 5.45. The van der Waals surface area contributed by atoms with Crippen LogP contribution in [0, 0.1) is 5.92 Å². The van der Waals surface area contributed by atoms with Crippen LogP contribution in [0.5, 0.6) is 0 Å². The largest absolute Gasteiger partial charge is 0.372 e. The molecule has 2 N–H and O–H groups in total. The number of carbonyl (C=O) groups excluding carboxylic acids is 1. The number of benzene rings is 2. The van der Waals surface area contributed by atoms with Gasteiger partial charge in [0.15, 0.2) is 5.78 Å². The Labute approximate surface area is 155 Å². The molecule has 2 unspecified atom stereocenters. The van der Waals surface area contributed by atoms with Gasteiger partial charge >= 0.3 is 0 Å². The first kappa shape index (κ1) is 16.9. The third kappa shape index (κ3) is 3.03. The number of hydrogen-bond donors (Lipinski definition) is 2. The molecule has 0 saturated heterocycles. The molecule has 0 aromatic heterocycles. The zero-order chi connectivity index (χ0) is 18.3. The van der Waals surface area contributed by atoms with Crippen LogP contribution in [0.1, 0.15) is 56.7 Å². The Morgan fingerprint density at radius 3 is 2.35 bits per heavy atom. The first-order chi connectivity index (χ1) is 12.5. The van der Waals surface area contributed by atoms with Crippen molar-refractivity contribution < 1.29 is 4.79 Å². The van der Waals surface area contributed by atoms with Crippen LogP contribution >= 0.6 is 0 Å². The number of rotatable bonds is 2. The molecule has 0 amide bonds. The van der Waals surface area contributed by atoms with E-state index in [2.05, 4.69) is 67.8 Å². The second-order valence-electron chi connectivity index (χ2n) is 7.90. The van der Waals surface area contributed by atoms with Gasteiger partial charge in [-0.2, -0.15) is 0 Å². The molecule has 2 aliphatic rings. The molecule has 0 spiro atoms. The highest BCUT2D eigenvalue weighted by molar-refractivity contribution is 6.00. The number of para-hydroxylation sites is 2. The summed E-state index contributed by atoms with van der Waals surface area (Å²) in [5.74, 6) is 1.13. The van der Waals surface area contributed by atoms with E-state index in [0.717, 1.165) is 34.6 Å². The molecule has 2 aromatic rings. The maximum absolute atomic E-state index is 13.0. The lowest BCUT2D eigenvalue weighted by Crippen LogP contribution is -2.26. The van der Waals surface area contributed by atoms with Crippen molar-refractivity contribution in [3.8, 4) is 0 Å². The normalized spacial score (nSPS) is 22.2. The van der Waals surface area contributed by atoms with E-state index >= 15 is 0 Å². The van der Waals surface area contributed by atoms with Gasteiger partial charge in [-0.25, -0.2) is 0 Å². The topological polar surface area (TPSA) is 41.1 Å². The van der Waals surface area contributed by atoms with E-state index in [4.69, 9.17) is 0 Å². The van der Waals surface area contributed by atoms with E-state index in [1.54, 1.807) is 0 Å². The Balaban J connectivity index is 1.82. The van der Waals surface area contributed by atoms with Gasteiger partial charge in [0.25, 0.3) is 0 Å². The molecule has 1 heterocycles. The fourth-order valence-corrected chi connectivity index (χ4v) is 4.01. The lowest BCUT2D eigenvalue weighted by Gasteiger charge is -2.28. The highest BCUT2D eigenvalue weighted by Gasteiger charge is 2.34. The summed E-state index contributed by atoms with van der Waals surface area (Å²) >= 11 is 0. The summed E-state index contributed by atoms with van der Waals surface area (Å²) in [4.78, 5) is 13.0. The van der Waals surface area contributed by atoms with Crippen molar-refractivity contribution in [2.45, 2.75) is 45.6 Å². The first-order valence-corrected chi connectivity index (χ1v) is 9.51. The molecule has 1 aliphatic heterocycles. The van der Waals surface area contributed by atoms with E-state index in [9.17, 15) is 4.79 Å². The standard InChI is InChI=1S/C23H26N2O/c1-14(2)16-8-10-17(11-9-16)23-22-20(12-15(3)13-21(22)26)24-18-6-4-5-7-19(18)25-23/h4-11,14-15,23-25H,12-13H2,1-3H3. The smallest absolute Gasteiger partial charge is 0.163 e. The maximum Gasteiger partial charge on any atom is 0.163 e. The molecule has 1 aliphatic carbocycles. The van der Waals surface area contributed by atoms with Crippen molar-refractivity contribution in [2.75, 3.05) is 10.6 Å². The van der Waals surface area contributed by atoms with Gasteiger partial charge in [0.2, 0.25) is 0 Å². The number of Topliss-reactive ketones (excluding diaryl/α,β-unsaturated/α-hetero) is 1. The Morgan fingerprint density at radius 2 is 1.65 bits per heavy atom. The van der Waals surface area contributed by atoms with Gasteiger partial charge in [-0.05, 0) is 41.5 Å². The summed E-state index contributed by atoms with van der Waals surface area (Å²) in [6, 6.07) is 16.8. The summed E-state index contributed by atoms with van der Waals surface area (Å²) in [7, 11) is 0. The van der Waals surface area contributed by atoms with E-state index in [1.165, 1.54) is 5.56 Å². The van der Waals surface area contributed by atoms with E-state index < -0.39 is 0 Å². The van der Waals surface area contributed by atoms with Crippen molar-refractivity contribution in [1.29, 1.82) is 0 Å². The predicted octanol–water partition coefficient (Wildman–Crippen LogP) is 5.64. The number of carbonyl (C=O) groups is 1. The fourth-order valence-electron chi connectivity index (χ4n) is 4.01. The average Bonchev–Trinajstić information content (AvgIpc) is 2.78. The molecule has 0 bridgehead atoms. The third-order valence-corrected chi connectivity index (χ3v) is 5.45. The SMILES string of the molecule is CC1CC(=O)C2=C(C1)Nc1ccccc1NC2c1ccc(C(C)C)cc1. The molecule has 0 radical (unpaired) electrons. The molecule has 2 aromatic carbocycles. The van der Waals surface area contributed by atoms with E-state index in [-0.39, 0.29) is 11.8 Å². The number of hydrogen-bond acceptors (Lipinski definition) is 3. The van der Waals surface area contributed by atoms with Crippen LogP contribution in [-0.2, 0) is 4.79 Å². The molecule has 0 saturated carbocycles. The van der Waals surface area contributed by atoms with Gasteiger partial charge in [0.1, 0.15) is 0 Å². The van der Waals surface area contributed by atoms with Crippen LogP contribution in [0.15, 0.2) is 59.8 Å². The minimum absolute atomic E-state index is 0.109. The summed E-state index contributed by atoms with van der Waals surface area (Å²) < 4.78 is 0.